The number of hydrogen-bond donors (Lipinski definition) is 0. The lowest BCUT2D eigenvalue weighted by Gasteiger charge is -2.35. The van der Waals surface area contributed by atoms with Crippen molar-refractivity contribution < 1.29 is 0 Å². The van der Waals surface area contributed by atoms with Gasteiger partial charge in [0.15, 0.2) is 0 Å². The Kier molecular flexibility index (Phi) is 11.0. The van der Waals surface area contributed by atoms with Crippen molar-refractivity contribution in [3.8, 4) is 50.2 Å². The van der Waals surface area contributed by atoms with Crippen LogP contribution in [0.5, 0.6) is 0 Å². The van der Waals surface area contributed by atoms with E-state index < -0.39 is 10.8 Å². The Labute approximate surface area is 478 Å². The van der Waals surface area contributed by atoms with Gasteiger partial charge >= 0.3 is 0 Å². The van der Waals surface area contributed by atoms with Crippen molar-refractivity contribution in [3.63, 3.8) is 0 Å². The first-order valence-corrected chi connectivity index (χ1v) is 28.5. The van der Waals surface area contributed by atoms with Crippen LogP contribution in [-0.4, -0.2) is 4.57 Å². The minimum Gasteiger partial charge on any atom is -0.310 e. The van der Waals surface area contributed by atoms with E-state index in [1.807, 2.05) is 0 Å². The van der Waals surface area contributed by atoms with Gasteiger partial charge in [-0.25, -0.2) is 0 Å². The van der Waals surface area contributed by atoms with Gasteiger partial charge in [-0.15, -0.1) is 0 Å². The van der Waals surface area contributed by atoms with Gasteiger partial charge in [-0.3, -0.25) is 0 Å². The van der Waals surface area contributed by atoms with Crippen molar-refractivity contribution in [3.05, 3.63) is 372 Å². The molecule has 384 valence electrons. The molecular formula is C80H54N2. The first kappa shape index (κ1) is 47.5. The summed E-state index contributed by atoms with van der Waals surface area (Å²) in [4.78, 5) is 2.41. The fraction of sp³-hybridized carbons (Fsp3) is 0.0250. The van der Waals surface area contributed by atoms with Gasteiger partial charge in [-0.2, -0.15) is 0 Å². The van der Waals surface area contributed by atoms with E-state index >= 15 is 0 Å². The average Bonchev–Trinajstić information content (AvgIpc) is 4.37. The highest BCUT2D eigenvalue weighted by molar-refractivity contribution is 6.12. The van der Waals surface area contributed by atoms with Crippen LogP contribution >= 0.6 is 0 Å². The van der Waals surface area contributed by atoms with Crippen LogP contribution in [-0.2, 0) is 10.8 Å². The molecule has 0 radical (unpaired) electrons. The Hall–Kier alpha value is -10.5. The van der Waals surface area contributed by atoms with E-state index in [2.05, 4.69) is 337 Å². The van der Waals surface area contributed by atoms with E-state index in [-0.39, 0.29) is 0 Å². The summed E-state index contributed by atoms with van der Waals surface area (Å²) in [7, 11) is 0. The van der Waals surface area contributed by atoms with Crippen LogP contribution in [0.2, 0.25) is 0 Å². The third-order valence-corrected chi connectivity index (χ3v) is 17.8. The number of fused-ring (bicyclic) bond motifs is 9. The molecule has 82 heavy (non-hydrogen) atoms. The highest BCUT2D eigenvalue weighted by Gasteiger charge is 2.47. The summed E-state index contributed by atoms with van der Waals surface area (Å²) in [6.07, 6.45) is 0. The average molecular weight is 1040 g/mol. The predicted octanol–water partition coefficient (Wildman–Crippen LogP) is 20.3. The zero-order valence-corrected chi connectivity index (χ0v) is 45.1. The number of rotatable bonds is 10. The molecule has 14 aromatic rings. The Balaban J connectivity index is 0.800. The van der Waals surface area contributed by atoms with Gasteiger partial charge in [0.2, 0.25) is 0 Å². The molecule has 0 atom stereocenters. The molecule has 0 amide bonds. The molecule has 0 N–H and O–H groups in total. The Morgan fingerprint density at radius 2 is 0.573 bits per heavy atom. The molecule has 2 nitrogen and oxygen atoms in total. The van der Waals surface area contributed by atoms with E-state index in [0.29, 0.717) is 0 Å². The summed E-state index contributed by atoms with van der Waals surface area (Å²) in [6, 6.07) is 121. The second-order valence-corrected chi connectivity index (χ2v) is 21.9. The van der Waals surface area contributed by atoms with Crippen LogP contribution in [0.4, 0.5) is 17.1 Å². The normalized spacial score (nSPS) is 13.3. The van der Waals surface area contributed by atoms with Crippen LogP contribution in [0, 0.1) is 0 Å². The number of aromatic nitrogens is 1. The summed E-state index contributed by atoms with van der Waals surface area (Å²) < 4.78 is 2.42. The Morgan fingerprint density at radius 1 is 0.232 bits per heavy atom. The third-order valence-electron chi connectivity index (χ3n) is 17.8. The van der Waals surface area contributed by atoms with Crippen molar-refractivity contribution in [2.24, 2.45) is 0 Å². The Bertz CT molecular complexity index is 4610. The maximum Gasteiger partial charge on any atom is 0.0714 e. The summed E-state index contributed by atoms with van der Waals surface area (Å²) in [5.41, 5.74) is 25.9. The van der Waals surface area contributed by atoms with Crippen LogP contribution in [0.3, 0.4) is 0 Å². The summed E-state index contributed by atoms with van der Waals surface area (Å²) in [5.74, 6) is 0. The highest BCUT2D eigenvalue weighted by Crippen LogP contribution is 2.58. The van der Waals surface area contributed by atoms with E-state index in [1.54, 1.807) is 0 Å². The van der Waals surface area contributed by atoms with Crippen LogP contribution < -0.4 is 4.90 Å². The predicted molar refractivity (Wildman–Crippen MR) is 341 cm³/mol. The number of para-hydroxylation sites is 2. The molecule has 2 aliphatic carbocycles. The molecule has 0 bridgehead atoms. The van der Waals surface area contributed by atoms with Crippen molar-refractivity contribution >= 4 is 38.9 Å². The van der Waals surface area contributed by atoms with E-state index in [1.165, 1.54) is 105 Å². The molecule has 1 heterocycles. The van der Waals surface area contributed by atoms with Crippen molar-refractivity contribution in [2.45, 2.75) is 10.8 Å². The van der Waals surface area contributed by atoms with E-state index in [4.69, 9.17) is 0 Å². The van der Waals surface area contributed by atoms with Crippen molar-refractivity contribution in [2.75, 3.05) is 4.90 Å². The first-order valence-electron chi connectivity index (χ1n) is 28.5. The first-order chi connectivity index (χ1) is 40.7. The smallest absolute Gasteiger partial charge is 0.0714 e. The standard InChI is InChI=1S/C80H54N2/c1-6-22-59(23-7-1)79(73-35-19-16-32-67(73)68-33-17-20-36-74(68)79)62-44-38-55(39-45-62)57-42-50-77-71(52-57)72-53-58(43-51-78(72)82(77)64-30-14-5-15-31-64)56-40-46-65(47-41-56)81(63-28-12-4-13-29-63)66-48-49-70-69-34-18-21-37-75(69)80(76(70)54-66,60-24-8-2-9-25-60)61-26-10-3-11-27-61/h1-54H. The summed E-state index contributed by atoms with van der Waals surface area (Å²) in [6.45, 7) is 0. The fourth-order valence-corrected chi connectivity index (χ4v) is 14.3. The molecule has 0 spiro atoms. The molecular weight excluding hydrogens is 989 g/mol. The summed E-state index contributed by atoms with van der Waals surface area (Å²) in [5, 5.41) is 2.43. The van der Waals surface area contributed by atoms with Gasteiger partial charge in [0.25, 0.3) is 0 Å². The molecule has 0 saturated heterocycles. The number of hydrogen-bond acceptors (Lipinski definition) is 1. The maximum absolute atomic E-state index is 2.45. The van der Waals surface area contributed by atoms with E-state index in [0.717, 1.165) is 28.3 Å². The number of benzene rings is 13. The van der Waals surface area contributed by atoms with Gasteiger partial charge in [0, 0.05) is 33.5 Å². The SMILES string of the molecule is c1ccc(N(c2ccc(-c3ccc4c(c3)c3cc(-c5ccc(C6(c7ccccc7)c7ccccc7-c7ccccc76)cc5)ccc3n4-c3ccccc3)cc2)c2ccc3c(c2)C(c2ccccc2)(c2ccccc2)c2ccccc2-3)cc1. The maximum atomic E-state index is 2.45. The van der Waals surface area contributed by atoms with Gasteiger partial charge in [0.05, 0.1) is 21.9 Å². The second kappa shape index (κ2) is 19.1. The number of anilines is 3. The topological polar surface area (TPSA) is 8.17 Å². The van der Waals surface area contributed by atoms with Crippen LogP contribution in [0.15, 0.2) is 328 Å². The highest BCUT2D eigenvalue weighted by atomic mass is 15.1. The molecule has 0 saturated carbocycles. The molecule has 0 fully saturated rings. The summed E-state index contributed by atoms with van der Waals surface area (Å²) >= 11 is 0. The van der Waals surface area contributed by atoms with Crippen molar-refractivity contribution in [1.29, 1.82) is 0 Å². The minimum absolute atomic E-state index is 0.443. The minimum atomic E-state index is -0.508. The van der Waals surface area contributed by atoms with Gasteiger partial charge in [-0.05, 0) is 162 Å². The second-order valence-electron chi connectivity index (χ2n) is 21.9. The zero-order valence-electron chi connectivity index (χ0n) is 45.1. The lowest BCUT2D eigenvalue weighted by molar-refractivity contribution is 0.768. The molecule has 2 aliphatic rings. The molecule has 0 aliphatic heterocycles. The largest absolute Gasteiger partial charge is 0.310 e. The Morgan fingerprint density at radius 3 is 1.05 bits per heavy atom. The number of nitrogens with zero attached hydrogens (tertiary/aromatic N) is 2. The van der Waals surface area contributed by atoms with Gasteiger partial charge in [0.1, 0.15) is 0 Å². The molecule has 0 unspecified atom stereocenters. The van der Waals surface area contributed by atoms with Gasteiger partial charge < -0.3 is 9.47 Å². The lowest BCUT2D eigenvalue weighted by Crippen LogP contribution is -2.28. The van der Waals surface area contributed by atoms with Crippen LogP contribution in [0.25, 0.3) is 72.0 Å². The van der Waals surface area contributed by atoms with Gasteiger partial charge in [-0.1, -0.05) is 255 Å². The molecule has 1 aromatic heterocycles. The quantitative estimate of drug-likeness (QED) is 0.133. The molecule has 16 rings (SSSR count). The molecule has 13 aromatic carbocycles. The fourth-order valence-electron chi connectivity index (χ4n) is 14.3. The molecule has 2 heteroatoms. The van der Waals surface area contributed by atoms with Crippen LogP contribution in [0.1, 0.15) is 44.5 Å². The lowest BCUT2D eigenvalue weighted by atomic mass is 9.67. The third kappa shape index (κ3) is 7.14. The monoisotopic (exact) mass is 1040 g/mol. The van der Waals surface area contributed by atoms with Crippen molar-refractivity contribution in [1.82, 2.24) is 4.57 Å². The van der Waals surface area contributed by atoms with E-state index in [9.17, 15) is 0 Å². The zero-order chi connectivity index (χ0) is 54.2.